The van der Waals surface area contributed by atoms with Crippen molar-refractivity contribution >= 4 is 21.6 Å². The zero-order valence-corrected chi connectivity index (χ0v) is 19.1. The number of carbonyl (C=O) groups excluding carboxylic acids is 1. The van der Waals surface area contributed by atoms with Gasteiger partial charge in [-0.3, -0.25) is 9.52 Å². The minimum absolute atomic E-state index is 0.00665. The van der Waals surface area contributed by atoms with E-state index in [1.807, 2.05) is 6.92 Å². The summed E-state index contributed by atoms with van der Waals surface area (Å²) >= 11 is 0. The first kappa shape index (κ1) is 24.1. The van der Waals surface area contributed by atoms with E-state index in [2.05, 4.69) is 10.0 Å². The molecule has 3 rings (SSSR count). The number of nitrogens with one attached hydrogen (secondary N) is 2. The molecular formula is C24H26N2O6S. The maximum Gasteiger partial charge on any atom is 0.261 e. The molecule has 0 aromatic heterocycles. The van der Waals surface area contributed by atoms with Crippen LogP contribution in [0.25, 0.3) is 0 Å². The summed E-state index contributed by atoms with van der Waals surface area (Å²) in [5, 5.41) is 13.0. The van der Waals surface area contributed by atoms with Crippen LogP contribution in [0, 0.1) is 0 Å². The average Bonchev–Trinajstić information content (AvgIpc) is 2.83. The van der Waals surface area contributed by atoms with E-state index in [-0.39, 0.29) is 22.7 Å². The van der Waals surface area contributed by atoms with Crippen LogP contribution >= 0.6 is 0 Å². The predicted octanol–water partition coefficient (Wildman–Crippen LogP) is 3.36. The molecule has 33 heavy (non-hydrogen) atoms. The Balaban J connectivity index is 1.63. The number of sulfonamides is 1. The van der Waals surface area contributed by atoms with Gasteiger partial charge in [-0.25, -0.2) is 8.42 Å². The minimum atomic E-state index is -3.84. The average molecular weight is 471 g/mol. The van der Waals surface area contributed by atoms with Crippen LogP contribution < -0.4 is 19.5 Å². The highest BCUT2D eigenvalue weighted by Crippen LogP contribution is 2.21. The third-order valence-electron chi connectivity index (χ3n) is 4.78. The first-order valence-corrected chi connectivity index (χ1v) is 11.8. The molecule has 0 aliphatic carbocycles. The Morgan fingerprint density at radius 2 is 1.67 bits per heavy atom. The largest absolute Gasteiger partial charge is 0.497 e. The molecule has 0 radical (unpaired) electrons. The summed E-state index contributed by atoms with van der Waals surface area (Å²) in [5.41, 5.74) is 1.13. The van der Waals surface area contributed by atoms with Crippen LogP contribution in [0.2, 0.25) is 0 Å². The number of carbonyl (C=O) groups is 1. The Bertz CT molecular complexity index is 1180. The van der Waals surface area contributed by atoms with Crippen molar-refractivity contribution in [1.29, 1.82) is 0 Å². The molecule has 1 atom stereocenters. The second-order valence-electron chi connectivity index (χ2n) is 7.09. The summed E-state index contributed by atoms with van der Waals surface area (Å²) in [5.74, 6) is 0.802. The molecule has 0 saturated carbocycles. The summed E-state index contributed by atoms with van der Waals surface area (Å²) in [6.07, 6.45) is -0.902. The first-order valence-electron chi connectivity index (χ1n) is 10.3. The molecule has 0 saturated heterocycles. The number of hydrogen-bond donors (Lipinski definition) is 3. The number of benzene rings is 3. The molecule has 3 N–H and O–H groups in total. The Hall–Kier alpha value is -3.56. The fourth-order valence-corrected chi connectivity index (χ4v) is 4.10. The van der Waals surface area contributed by atoms with Gasteiger partial charge in [0.1, 0.15) is 11.5 Å². The highest BCUT2D eigenvalue weighted by Gasteiger charge is 2.16. The van der Waals surface area contributed by atoms with Gasteiger partial charge in [0.15, 0.2) is 0 Å². The molecular weight excluding hydrogens is 444 g/mol. The molecule has 8 nitrogen and oxygen atoms in total. The van der Waals surface area contributed by atoms with Gasteiger partial charge in [-0.2, -0.15) is 0 Å². The minimum Gasteiger partial charge on any atom is -0.497 e. The van der Waals surface area contributed by atoms with Gasteiger partial charge in [0.25, 0.3) is 15.9 Å². The molecule has 0 spiro atoms. The maximum absolute atomic E-state index is 12.7. The molecule has 1 amide bonds. The molecule has 0 heterocycles. The summed E-state index contributed by atoms with van der Waals surface area (Å²) in [4.78, 5) is 12.6. The molecule has 3 aromatic carbocycles. The van der Waals surface area contributed by atoms with Crippen LogP contribution in [0.4, 0.5) is 5.69 Å². The van der Waals surface area contributed by atoms with Crippen LogP contribution in [0.1, 0.15) is 28.9 Å². The molecule has 0 fully saturated rings. The van der Waals surface area contributed by atoms with Crippen molar-refractivity contribution in [3.05, 3.63) is 83.9 Å². The van der Waals surface area contributed by atoms with E-state index in [9.17, 15) is 18.3 Å². The van der Waals surface area contributed by atoms with Gasteiger partial charge < -0.3 is 19.9 Å². The molecule has 174 valence electrons. The molecule has 0 aliphatic rings. The van der Waals surface area contributed by atoms with Crippen LogP contribution in [0.3, 0.4) is 0 Å². The number of aliphatic hydroxyl groups excluding tert-OH is 1. The van der Waals surface area contributed by atoms with Gasteiger partial charge in [-0.05, 0) is 67.1 Å². The Morgan fingerprint density at radius 1 is 1.00 bits per heavy atom. The highest BCUT2D eigenvalue weighted by atomic mass is 32.2. The molecule has 0 unspecified atom stereocenters. The molecule has 3 aromatic rings. The lowest BCUT2D eigenvalue weighted by atomic mass is 10.1. The van der Waals surface area contributed by atoms with Crippen molar-refractivity contribution in [2.45, 2.75) is 17.9 Å². The van der Waals surface area contributed by atoms with Crippen molar-refractivity contribution in [3.63, 3.8) is 0 Å². The van der Waals surface area contributed by atoms with Gasteiger partial charge in [-0.1, -0.05) is 18.2 Å². The Morgan fingerprint density at radius 3 is 2.30 bits per heavy atom. The van der Waals surface area contributed by atoms with Crippen molar-refractivity contribution in [3.8, 4) is 11.5 Å². The third-order valence-corrected chi connectivity index (χ3v) is 6.18. The van der Waals surface area contributed by atoms with E-state index >= 15 is 0 Å². The Kier molecular flexibility index (Phi) is 7.92. The van der Waals surface area contributed by atoms with Crippen molar-refractivity contribution < 1.29 is 27.8 Å². The van der Waals surface area contributed by atoms with Crippen LogP contribution in [0.5, 0.6) is 11.5 Å². The SMILES string of the molecule is CCOc1ccc(S(=O)(=O)Nc2cccc(C(=O)NC[C@H](O)c3ccc(OC)cc3)c2)cc1. The molecule has 9 heteroatoms. The Labute approximate surface area is 193 Å². The van der Waals surface area contributed by atoms with E-state index in [0.29, 0.717) is 23.7 Å². The fourth-order valence-electron chi connectivity index (χ4n) is 3.06. The molecule has 0 aliphatic heterocycles. The lowest BCUT2D eigenvalue weighted by molar-refractivity contribution is 0.0916. The van der Waals surface area contributed by atoms with E-state index < -0.39 is 22.0 Å². The smallest absolute Gasteiger partial charge is 0.261 e. The lowest BCUT2D eigenvalue weighted by Gasteiger charge is -2.14. The van der Waals surface area contributed by atoms with Gasteiger partial charge in [0.2, 0.25) is 0 Å². The van der Waals surface area contributed by atoms with Gasteiger partial charge in [0.05, 0.1) is 24.7 Å². The van der Waals surface area contributed by atoms with E-state index in [1.165, 1.54) is 18.2 Å². The fraction of sp³-hybridized carbons (Fsp3) is 0.208. The number of methoxy groups -OCH3 is 1. The second kappa shape index (κ2) is 10.8. The summed E-state index contributed by atoms with van der Waals surface area (Å²) < 4.78 is 38.2. The van der Waals surface area contributed by atoms with Crippen LogP contribution in [-0.4, -0.2) is 39.7 Å². The summed E-state index contributed by atoms with van der Waals surface area (Å²) in [6.45, 7) is 2.32. The number of hydrogen-bond acceptors (Lipinski definition) is 6. The zero-order valence-electron chi connectivity index (χ0n) is 18.3. The highest BCUT2D eigenvalue weighted by molar-refractivity contribution is 7.92. The number of amides is 1. The van der Waals surface area contributed by atoms with Gasteiger partial charge >= 0.3 is 0 Å². The number of anilines is 1. The van der Waals surface area contributed by atoms with Crippen molar-refractivity contribution in [2.24, 2.45) is 0 Å². The quantitative estimate of drug-likeness (QED) is 0.419. The lowest BCUT2D eigenvalue weighted by Crippen LogP contribution is -2.28. The first-order chi connectivity index (χ1) is 15.8. The number of ether oxygens (including phenoxy) is 2. The van der Waals surface area contributed by atoms with Gasteiger partial charge in [0, 0.05) is 17.8 Å². The summed E-state index contributed by atoms with van der Waals surface area (Å²) in [6, 6.07) is 19.0. The van der Waals surface area contributed by atoms with Crippen LogP contribution in [0.15, 0.2) is 77.7 Å². The number of rotatable bonds is 10. The number of aliphatic hydroxyl groups is 1. The summed E-state index contributed by atoms with van der Waals surface area (Å²) in [7, 11) is -2.29. The predicted molar refractivity (Wildman–Crippen MR) is 125 cm³/mol. The molecule has 0 bridgehead atoms. The second-order valence-corrected chi connectivity index (χ2v) is 8.77. The monoisotopic (exact) mass is 470 g/mol. The van der Waals surface area contributed by atoms with E-state index in [4.69, 9.17) is 9.47 Å². The van der Waals surface area contributed by atoms with E-state index in [1.54, 1.807) is 61.7 Å². The van der Waals surface area contributed by atoms with E-state index in [0.717, 1.165) is 0 Å². The topological polar surface area (TPSA) is 114 Å². The van der Waals surface area contributed by atoms with Crippen molar-refractivity contribution in [1.82, 2.24) is 5.32 Å². The third kappa shape index (κ3) is 6.47. The van der Waals surface area contributed by atoms with Crippen LogP contribution in [-0.2, 0) is 10.0 Å². The van der Waals surface area contributed by atoms with Gasteiger partial charge in [-0.15, -0.1) is 0 Å². The normalized spacial score (nSPS) is 12.0. The standard InChI is InChI=1S/C24H26N2O6S/c1-3-32-21-11-13-22(14-12-21)33(29,30)26-19-6-4-5-18(15-19)24(28)25-16-23(27)17-7-9-20(31-2)10-8-17/h4-15,23,26-27H,3,16H2,1-2H3,(H,25,28)/t23-/m0/s1. The van der Waals surface area contributed by atoms with Crippen molar-refractivity contribution in [2.75, 3.05) is 25.0 Å². The maximum atomic E-state index is 12.7. The zero-order chi connectivity index (χ0) is 23.8.